The van der Waals surface area contributed by atoms with Crippen LogP contribution in [0.4, 0.5) is 0 Å². The predicted molar refractivity (Wildman–Crippen MR) is 95.5 cm³/mol. The second-order valence-electron chi connectivity index (χ2n) is 6.91. The number of benzene rings is 2. The second-order valence-corrected chi connectivity index (χ2v) is 6.91. The zero-order valence-electron chi connectivity index (χ0n) is 14.2. The van der Waals surface area contributed by atoms with Crippen LogP contribution in [0, 0.1) is 12.8 Å². The highest BCUT2D eigenvalue weighted by molar-refractivity contribution is 5.38. The highest BCUT2D eigenvalue weighted by atomic mass is 16.3. The summed E-state index contributed by atoms with van der Waals surface area (Å²) in [6.07, 6.45) is 2.56. The van der Waals surface area contributed by atoms with Gasteiger partial charge in [-0.15, -0.1) is 0 Å². The molecule has 2 atom stereocenters. The Morgan fingerprint density at radius 1 is 0.957 bits per heavy atom. The first kappa shape index (κ1) is 16.2. The maximum Gasteiger partial charge on any atom is 0.118 e. The van der Waals surface area contributed by atoms with E-state index < -0.39 is 5.60 Å². The summed E-state index contributed by atoms with van der Waals surface area (Å²) >= 11 is 0. The molecular weight excluding hydrogens is 282 g/mol. The van der Waals surface area contributed by atoms with Crippen molar-refractivity contribution in [2.75, 3.05) is 19.6 Å². The lowest BCUT2D eigenvalue weighted by Crippen LogP contribution is -2.41. The fourth-order valence-corrected chi connectivity index (χ4v) is 3.72. The summed E-state index contributed by atoms with van der Waals surface area (Å²) in [6.45, 7) is 7.50. The van der Waals surface area contributed by atoms with Gasteiger partial charge in [0, 0.05) is 12.5 Å². The number of rotatable bonds is 5. The van der Waals surface area contributed by atoms with Crippen molar-refractivity contribution in [2.24, 2.45) is 5.92 Å². The van der Waals surface area contributed by atoms with Gasteiger partial charge in [-0.1, -0.05) is 67.1 Å². The SMILES string of the molecule is Cc1ccc(C(O)(c2ccccc2)C(C)CN2CCCC2)cc1. The largest absolute Gasteiger partial charge is 0.380 e. The van der Waals surface area contributed by atoms with Gasteiger partial charge >= 0.3 is 0 Å². The molecule has 2 aromatic rings. The van der Waals surface area contributed by atoms with E-state index in [0.29, 0.717) is 0 Å². The van der Waals surface area contributed by atoms with Gasteiger partial charge in [0.05, 0.1) is 0 Å². The Labute approximate surface area is 139 Å². The number of aryl methyl sites for hydroxylation is 1. The van der Waals surface area contributed by atoms with Gasteiger partial charge in [-0.05, 0) is 44.0 Å². The first-order valence-electron chi connectivity index (χ1n) is 8.68. The van der Waals surface area contributed by atoms with Crippen LogP contribution in [0.5, 0.6) is 0 Å². The van der Waals surface area contributed by atoms with Crippen molar-refractivity contribution >= 4 is 0 Å². The molecule has 0 amide bonds. The van der Waals surface area contributed by atoms with Crippen LogP contribution in [0.25, 0.3) is 0 Å². The minimum absolute atomic E-state index is 0.130. The van der Waals surface area contributed by atoms with Crippen molar-refractivity contribution < 1.29 is 5.11 Å². The van der Waals surface area contributed by atoms with Crippen molar-refractivity contribution in [3.8, 4) is 0 Å². The first-order valence-corrected chi connectivity index (χ1v) is 8.68. The first-order chi connectivity index (χ1) is 11.1. The Morgan fingerprint density at radius 3 is 2.13 bits per heavy atom. The third-order valence-electron chi connectivity index (χ3n) is 5.15. The lowest BCUT2D eigenvalue weighted by atomic mass is 9.76. The zero-order valence-corrected chi connectivity index (χ0v) is 14.2. The number of nitrogens with zero attached hydrogens (tertiary/aromatic N) is 1. The monoisotopic (exact) mass is 309 g/mol. The van der Waals surface area contributed by atoms with Crippen molar-refractivity contribution in [1.82, 2.24) is 4.90 Å². The number of likely N-dealkylation sites (tertiary alicyclic amines) is 1. The molecule has 1 fully saturated rings. The third-order valence-corrected chi connectivity index (χ3v) is 5.15. The van der Waals surface area contributed by atoms with Gasteiger partial charge in [0.25, 0.3) is 0 Å². The van der Waals surface area contributed by atoms with Crippen LogP contribution in [-0.4, -0.2) is 29.6 Å². The smallest absolute Gasteiger partial charge is 0.118 e. The molecule has 1 heterocycles. The van der Waals surface area contributed by atoms with Crippen molar-refractivity contribution in [2.45, 2.75) is 32.3 Å². The molecule has 2 nitrogen and oxygen atoms in total. The molecule has 1 aliphatic heterocycles. The van der Waals surface area contributed by atoms with Crippen molar-refractivity contribution in [3.05, 3.63) is 71.3 Å². The molecule has 2 heteroatoms. The van der Waals surface area contributed by atoms with Crippen molar-refractivity contribution in [1.29, 1.82) is 0 Å². The van der Waals surface area contributed by atoms with Gasteiger partial charge in [-0.25, -0.2) is 0 Å². The molecule has 0 radical (unpaired) electrons. The lowest BCUT2D eigenvalue weighted by molar-refractivity contribution is 0.0104. The zero-order chi connectivity index (χ0) is 16.3. The van der Waals surface area contributed by atoms with Gasteiger partial charge in [-0.3, -0.25) is 0 Å². The molecule has 0 bridgehead atoms. The second kappa shape index (κ2) is 6.86. The molecule has 1 saturated heterocycles. The van der Waals surface area contributed by atoms with Gasteiger partial charge in [-0.2, -0.15) is 0 Å². The summed E-state index contributed by atoms with van der Waals surface area (Å²) in [5, 5.41) is 11.7. The van der Waals surface area contributed by atoms with Crippen LogP contribution in [-0.2, 0) is 5.60 Å². The van der Waals surface area contributed by atoms with Crippen LogP contribution in [0.2, 0.25) is 0 Å². The van der Waals surface area contributed by atoms with E-state index >= 15 is 0 Å². The summed E-state index contributed by atoms with van der Waals surface area (Å²) in [4.78, 5) is 2.48. The quantitative estimate of drug-likeness (QED) is 0.903. The lowest BCUT2D eigenvalue weighted by Gasteiger charge is -2.37. The Morgan fingerprint density at radius 2 is 1.52 bits per heavy atom. The molecule has 1 N–H and O–H groups in total. The molecule has 0 spiro atoms. The average molecular weight is 309 g/mol. The van der Waals surface area contributed by atoms with E-state index in [4.69, 9.17) is 0 Å². The minimum Gasteiger partial charge on any atom is -0.380 e. The fraction of sp³-hybridized carbons (Fsp3) is 0.429. The van der Waals surface area contributed by atoms with Crippen LogP contribution in [0.3, 0.4) is 0 Å². The molecule has 1 aliphatic rings. The Kier molecular flexibility index (Phi) is 4.84. The molecule has 3 rings (SSSR count). The molecule has 0 saturated carbocycles. The van der Waals surface area contributed by atoms with Crippen LogP contribution >= 0.6 is 0 Å². The summed E-state index contributed by atoms with van der Waals surface area (Å²) in [6, 6.07) is 18.4. The van der Waals surface area contributed by atoms with E-state index in [2.05, 4.69) is 43.0 Å². The predicted octanol–water partition coefficient (Wildman–Crippen LogP) is 3.96. The number of aliphatic hydroxyl groups is 1. The Bertz CT molecular complexity index is 616. The summed E-state index contributed by atoms with van der Waals surface area (Å²) < 4.78 is 0. The molecule has 0 aromatic heterocycles. The maximum absolute atomic E-state index is 11.7. The molecule has 0 aliphatic carbocycles. The molecular formula is C21H27NO. The van der Waals surface area contributed by atoms with E-state index in [1.165, 1.54) is 18.4 Å². The maximum atomic E-state index is 11.7. The van der Waals surface area contributed by atoms with Crippen LogP contribution in [0.15, 0.2) is 54.6 Å². The third kappa shape index (κ3) is 3.34. The van der Waals surface area contributed by atoms with E-state index in [1.54, 1.807) is 0 Å². The van der Waals surface area contributed by atoms with E-state index in [-0.39, 0.29) is 5.92 Å². The minimum atomic E-state index is -0.947. The van der Waals surface area contributed by atoms with Crippen LogP contribution < -0.4 is 0 Å². The molecule has 2 aromatic carbocycles. The Balaban J connectivity index is 1.97. The molecule has 23 heavy (non-hydrogen) atoms. The van der Waals surface area contributed by atoms with Gasteiger partial charge < -0.3 is 10.0 Å². The van der Waals surface area contributed by atoms with Gasteiger partial charge in [0.2, 0.25) is 0 Å². The normalized spacial score (nSPS) is 19.4. The van der Waals surface area contributed by atoms with Crippen LogP contribution in [0.1, 0.15) is 36.5 Å². The summed E-state index contributed by atoms with van der Waals surface area (Å²) in [5.41, 5.74) is 2.24. The van der Waals surface area contributed by atoms with E-state index in [1.807, 2.05) is 30.3 Å². The number of hydrogen-bond acceptors (Lipinski definition) is 2. The molecule has 2 unspecified atom stereocenters. The van der Waals surface area contributed by atoms with E-state index in [9.17, 15) is 5.11 Å². The topological polar surface area (TPSA) is 23.5 Å². The summed E-state index contributed by atoms with van der Waals surface area (Å²) in [5.74, 6) is 0.130. The van der Waals surface area contributed by atoms with Gasteiger partial charge in [0.1, 0.15) is 5.60 Å². The highest BCUT2D eigenvalue weighted by Gasteiger charge is 2.38. The highest BCUT2D eigenvalue weighted by Crippen LogP contribution is 2.37. The van der Waals surface area contributed by atoms with Gasteiger partial charge in [0.15, 0.2) is 0 Å². The summed E-state index contributed by atoms with van der Waals surface area (Å²) in [7, 11) is 0. The molecule has 122 valence electrons. The standard InChI is InChI=1S/C21H27NO/c1-17-10-12-20(13-11-17)21(23,19-8-4-3-5-9-19)18(2)16-22-14-6-7-15-22/h3-5,8-13,18,23H,6-7,14-16H2,1-2H3. The Hall–Kier alpha value is -1.64. The van der Waals surface area contributed by atoms with Crippen molar-refractivity contribution in [3.63, 3.8) is 0 Å². The van der Waals surface area contributed by atoms with E-state index in [0.717, 1.165) is 30.8 Å². The fourth-order valence-electron chi connectivity index (χ4n) is 3.72. The number of hydrogen-bond donors (Lipinski definition) is 1. The average Bonchev–Trinajstić information content (AvgIpc) is 3.08.